The topological polar surface area (TPSA) is 56.0 Å². The summed E-state index contributed by atoms with van der Waals surface area (Å²) in [6, 6.07) is 0. The van der Waals surface area contributed by atoms with Crippen molar-refractivity contribution in [2.45, 2.75) is 52.9 Å². The van der Waals surface area contributed by atoms with E-state index in [2.05, 4.69) is 11.9 Å². The Morgan fingerprint density at radius 3 is 2.59 bits per heavy atom. The molecule has 0 unspecified atom stereocenters. The molecule has 3 heteroatoms. The van der Waals surface area contributed by atoms with Gasteiger partial charge in [-0.1, -0.05) is 26.2 Å². The van der Waals surface area contributed by atoms with Crippen LogP contribution in [0.3, 0.4) is 0 Å². The van der Waals surface area contributed by atoms with Crippen LogP contribution >= 0.6 is 0 Å². The average molecular weight is 234 g/mol. The highest BCUT2D eigenvalue weighted by molar-refractivity contribution is 5.94. The zero-order valence-corrected chi connectivity index (χ0v) is 11.0. The van der Waals surface area contributed by atoms with Gasteiger partial charge in [0.25, 0.3) is 5.91 Å². The summed E-state index contributed by atoms with van der Waals surface area (Å²) >= 11 is 0. The molecule has 0 bridgehead atoms. The zero-order valence-electron chi connectivity index (χ0n) is 11.0. The van der Waals surface area contributed by atoms with E-state index in [4.69, 9.17) is 5.73 Å². The number of nitrogens with zero attached hydrogens (tertiary/aromatic N) is 1. The summed E-state index contributed by atoms with van der Waals surface area (Å²) in [5, 5.41) is 0. The van der Waals surface area contributed by atoms with Crippen LogP contribution in [0.5, 0.6) is 0 Å². The smallest absolute Gasteiger partial charge is 0.250 e. The molecule has 1 heterocycles. The fraction of sp³-hybridized carbons (Fsp3) is 0.571. The van der Waals surface area contributed by atoms with Crippen molar-refractivity contribution in [2.75, 3.05) is 0 Å². The molecule has 2 N–H and O–H groups in total. The summed E-state index contributed by atoms with van der Waals surface area (Å²) in [5.74, 6) is -0.384. The van der Waals surface area contributed by atoms with E-state index >= 15 is 0 Å². The molecular formula is C14H22N2O. The summed E-state index contributed by atoms with van der Waals surface area (Å²) in [5.41, 5.74) is 9.10. The lowest BCUT2D eigenvalue weighted by Gasteiger charge is -2.11. The SMILES string of the molecule is CCCCCCc1c(C)ncc(C(N)=O)c1C. The van der Waals surface area contributed by atoms with Crippen molar-refractivity contribution in [2.24, 2.45) is 5.73 Å². The number of nitrogens with two attached hydrogens (primary N) is 1. The Hall–Kier alpha value is -1.38. The number of unbranched alkanes of at least 4 members (excludes halogenated alkanes) is 3. The first kappa shape index (κ1) is 13.7. The van der Waals surface area contributed by atoms with Gasteiger partial charge in [-0.15, -0.1) is 0 Å². The van der Waals surface area contributed by atoms with Crippen molar-refractivity contribution in [3.63, 3.8) is 0 Å². The van der Waals surface area contributed by atoms with E-state index in [-0.39, 0.29) is 5.91 Å². The number of aryl methyl sites for hydroxylation is 1. The van der Waals surface area contributed by atoms with E-state index in [0.29, 0.717) is 5.56 Å². The van der Waals surface area contributed by atoms with E-state index in [1.165, 1.54) is 24.8 Å². The van der Waals surface area contributed by atoms with Crippen LogP contribution in [-0.4, -0.2) is 10.9 Å². The van der Waals surface area contributed by atoms with E-state index in [1.807, 2.05) is 13.8 Å². The first-order valence-electron chi connectivity index (χ1n) is 6.32. The van der Waals surface area contributed by atoms with Crippen LogP contribution in [0, 0.1) is 13.8 Å². The maximum Gasteiger partial charge on any atom is 0.250 e. The summed E-state index contributed by atoms with van der Waals surface area (Å²) in [6.07, 6.45) is 7.46. The molecule has 3 nitrogen and oxygen atoms in total. The average Bonchev–Trinajstić information content (AvgIpc) is 2.27. The van der Waals surface area contributed by atoms with Crippen LogP contribution in [0.1, 0.15) is 59.8 Å². The third kappa shape index (κ3) is 3.55. The van der Waals surface area contributed by atoms with Gasteiger partial charge in [0.2, 0.25) is 0 Å². The molecule has 0 atom stereocenters. The third-order valence-corrected chi connectivity index (χ3v) is 3.23. The monoisotopic (exact) mass is 234 g/mol. The second kappa shape index (κ2) is 6.38. The molecule has 0 aliphatic heterocycles. The highest BCUT2D eigenvalue weighted by Gasteiger charge is 2.11. The minimum Gasteiger partial charge on any atom is -0.366 e. The Bertz CT molecular complexity index is 399. The normalized spacial score (nSPS) is 10.5. The largest absolute Gasteiger partial charge is 0.366 e. The molecule has 94 valence electrons. The van der Waals surface area contributed by atoms with E-state index in [0.717, 1.165) is 24.1 Å². The highest BCUT2D eigenvalue weighted by atomic mass is 16.1. The maximum absolute atomic E-state index is 11.2. The second-order valence-corrected chi connectivity index (χ2v) is 4.54. The Labute approximate surface area is 103 Å². The van der Waals surface area contributed by atoms with E-state index in [1.54, 1.807) is 6.20 Å². The molecule has 0 radical (unpaired) electrons. The molecular weight excluding hydrogens is 212 g/mol. The van der Waals surface area contributed by atoms with Gasteiger partial charge in [-0.2, -0.15) is 0 Å². The summed E-state index contributed by atoms with van der Waals surface area (Å²) in [4.78, 5) is 15.5. The van der Waals surface area contributed by atoms with Crippen LogP contribution < -0.4 is 5.73 Å². The van der Waals surface area contributed by atoms with Crippen molar-refractivity contribution in [3.05, 3.63) is 28.6 Å². The van der Waals surface area contributed by atoms with Crippen LogP contribution in [0.15, 0.2) is 6.20 Å². The molecule has 1 aromatic heterocycles. The molecule has 0 spiro atoms. The van der Waals surface area contributed by atoms with E-state index < -0.39 is 0 Å². The van der Waals surface area contributed by atoms with Crippen molar-refractivity contribution in [1.82, 2.24) is 4.98 Å². The molecule has 1 rings (SSSR count). The van der Waals surface area contributed by atoms with E-state index in [9.17, 15) is 4.79 Å². The van der Waals surface area contributed by atoms with Crippen LogP contribution in [0.2, 0.25) is 0 Å². The van der Waals surface area contributed by atoms with Gasteiger partial charge in [0, 0.05) is 11.9 Å². The lowest BCUT2D eigenvalue weighted by Crippen LogP contribution is -2.15. The zero-order chi connectivity index (χ0) is 12.8. The second-order valence-electron chi connectivity index (χ2n) is 4.54. The van der Waals surface area contributed by atoms with Crippen molar-refractivity contribution < 1.29 is 4.79 Å². The number of carbonyl (C=O) groups is 1. The van der Waals surface area contributed by atoms with Gasteiger partial charge in [-0.05, 0) is 37.8 Å². The first-order chi connectivity index (χ1) is 8.07. The molecule has 0 saturated heterocycles. The number of rotatable bonds is 6. The fourth-order valence-electron chi connectivity index (χ4n) is 2.12. The first-order valence-corrected chi connectivity index (χ1v) is 6.32. The molecule has 0 aromatic carbocycles. The van der Waals surface area contributed by atoms with Gasteiger partial charge in [0.05, 0.1) is 5.56 Å². The van der Waals surface area contributed by atoms with Crippen LogP contribution in [-0.2, 0) is 6.42 Å². The van der Waals surface area contributed by atoms with Gasteiger partial charge in [0.15, 0.2) is 0 Å². The van der Waals surface area contributed by atoms with Gasteiger partial charge in [-0.25, -0.2) is 0 Å². The maximum atomic E-state index is 11.2. The Kier molecular flexibility index (Phi) is 5.13. The Morgan fingerprint density at radius 1 is 1.29 bits per heavy atom. The molecule has 0 aliphatic rings. The number of aromatic nitrogens is 1. The molecule has 0 aliphatic carbocycles. The summed E-state index contributed by atoms with van der Waals surface area (Å²) in [7, 11) is 0. The number of hydrogen-bond acceptors (Lipinski definition) is 2. The minimum absolute atomic E-state index is 0.384. The van der Waals surface area contributed by atoms with Gasteiger partial charge in [0.1, 0.15) is 0 Å². The van der Waals surface area contributed by atoms with Gasteiger partial charge in [-0.3, -0.25) is 9.78 Å². The highest BCUT2D eigenvalue weighted by Crippen LogP contribution is 2.18. The van der Waals surface area contributed by atoms with Crippen LogP contribution in [0.4, 0.5) is 0 Å². The quantitative estimate of drug-likeness (QED) is 0.769. The molecule has 0 saturated carbocycles. The molecule has 1 amide bonds. The molecule has 1 aromatic rings. The van der Waals surface area contributed by atoms with Crippen LogP contribution in [0.25, 0.3) is 0 Å². The predicted molar refractivity (Wildman–Crippen MR) is 70.1 cm³/mol. The predicted octanol–water partition coefficient (Wildman–Crippen LogP) is 2.92. The number of primary amides is 1. The standard InChI is InChI=1S/C14H22N2O/c1-4-5-6-7-8-12-10(2)13(14(15)17)9-16-11(12)3/h9H,4-8H2,1-3H3,(H2,15,17). The van der Waals surface area contributed by atoms with Crippen molar-refractivity contribution >= 4 is 5.91 Å². The van der Waals surface area contributed by atoms with Crippen molar-refractivity contribution in [3.8, 4) is 0 Å². The van der Waals surface area contributed by atoms with Crippen molar-refractivity contribution in [1.29, 1.82) is 0 Å². The number of carbonyl (C=O) groups excluding carboxylic acids is 1. The Balaban J connectivity index is 2.82. The third-order valence-electron chi connectivity index (χ3n) is 3.23. The number of hydrogen-bond donors (Lipinski definition) is 1. The number of pyridine rings is 1. The summed E-state index contributed by atoms with van der Waals surface area (Å²) < 4.78 is 0. The summed E-state index contributed by atoms with van der Waals surface area (Å²) in [6.45, 7) is 6.16. The number of amides is 1. The Morgan fingerprint density at radius 2 is 2.00 bits per heavy atom. The molecule has 17 heavy (non-hydrogen) atoms. The lowest BCUT2D eigenvalue weighted by molar-refractivity contribution is 0.0999. The lowest BCUT2D eigenvalue weighted by atomic mass is 9.97. The van der Waals surface area contributed by atoms with Gasteiger partial charge >= 0.3 is 0 Å². The van der Waals surface area contributed by atoms with Gasteiger partial charge < -0.3 is 5.73 Å². The fourth-order valence-corrected chi connectivity index (χ4v) is 2.12. The minimum atomic E-state index is -0.384. The molecule has 0 fully saturated rings.